The fourth-order valence-corrected chi connectivity index (χ4v) is 5.45. The third-order valence-corrected chi connectivity index (χ3v) is 7.00. The molecule has 1 aromatic rings. The van der Waals surface area contributed by atoms with Crippen molar-refractivity contribution < 1.29 is 28.6 Å². The highest BCUT2D eigenvalue weighted by Gasteiger charge is 2.54. The Morgan fingerprint density at radius 2 is 1.95 bits per heavy atom. The fraction of sp³-hybridized carbons (Fsp3) is 0.633. The van der Waals surface area contributed by atoms with Crippen molar-refractivity contribution in [3.63, 3.8) is 0 Å². The minimum absolute atomic E-state index is 0.122. The van der Waals surface area contributed by atoms with E-state index in [-0.39, 0.29) is 24.0 Å². The van der Waals surface area contributed by atoms with Gasteiger partial charge in [0.15, 0.2) is 5.60 Å². The summed E-state index contributed by atoms with van der Waals surface area (Å²) in [5.74, 6) is 6.00. The lowest BCUT2D eigenvalue weighted by atomic mass is 9.72. The van der Waals surface area contributed by atoms with Crippen molar-refractivity contribution in [2.75, 3.05) is 13.7 Å². The van der Waals surface area contributed by atoms with Crippen LogP contribution in [0.4, 0.5) is 9.59 Å². The van der Waals surface area contributed by atoms with Crippen molar-refractivity contribution in [3.05, 3.63) is 35.4 Å². The van der Waals surface area contributed by atoms with Gasteiger partial charge >= 0.3 is 18.2 Å². The summed E-state index contributed by atoms with van der Waals surface area (Å²) in [5, 5.41) is 2.72. The van der Waals surface area contributed by atoms with Crippen LogP contribution in [-0.4, -0.2) is 60.0 Å². The molecule has 0 bridgehead atoms. The second-order valence-electron chi connectivity index (χ2n) is 11.8. The molecule has 1 N–H and O–H groups in total. The number of amides is 2. The molecule has 0 aromatic heterocycles. The van der Waals surface area contributed by atoms with E-state index in [2.05, 4.69) is 17.2 Å². The SMILES string of the molecule is COC(=O)N1CC[C@@H]2[C@H]1CCC[C@]2(C#Cc1cccc(C)c1)OC(=O)[C@H](CC(C)C)NC(=O)OC(C)(C)C. The largest absolute Gasteiger partial charge is 0.453 e. The molecule has 2 aliphatic rings. The highest BCUT2D eigenvalue weighted by molar-refractivity contribution is 5.82. The van der Waals surface area contributed by atoms with Gasteiger partial charge in [-0.05, 0) is 89.3 Å². The van der Waals surface area contributed by atoms with Crippen LogP contribution >= 0.6 is 0 Å². The molecule has 8 nitrogen and oxygen atoms in total. The molecule has 1 heterocycles. The minimum Gasteiger partial charge on any atom is -0.453 e. The molecule has 1 saturated heterocycles. The third kappa shape index (κ3) is 7.43. The number of alkyl carbamates (subject to hydrolysis) is 1. The maximum atomic E-state index is 13.7. The van der Waals surface area contributed by atoms with E-state index in [1.54, 1.807) is 25.7 Å². The van der Waals surface area contributed by atoms with E-state index in [9.17, 15) is 14.4 Å². The fourth-order valence-electron chi connectivity index (χ4n) is 5.45. The summed E-state index contributed by atoms with van der Waals surface area (Å²) < 4.78 is 16.8. The van der Waals surface area contributed by atoms with Crippen molar-refractivity contribution in [2.45, 2.75) is 96.9 Å². The van der Waals surface area contributed by atoms with Gasteiger partial charge in [0, 0.05) is 24.1 Å². The van der Waals surface area contributed by atoms with Crippen LogP contribution in [0.3, 0.4) is 0 Å². The van der Waals surface area contributed by atoms with Crippen molar-refractivity contribution in [1.82, 2.24) is 10.2 Å². The normalized spacial score (nSPS) is 23.5. The van der Waals surface area contributed by atoms with E-state index in [4.69, 9.17) is 14.2 Å². The molecule has 4 atom stereocenters. The first kappa shape index (κ1) is 29.3. The summed E-state index contributed by atoms with van der Waals surface area (Å²) in [6, 6.07) is 6.83. The maximum Gasteiger partial charge on any atom is 0.409 e. The van der Waals surface area contributed by atoms with Gasteiger partial charge in [-0.15, -0.1) is 0 Å². The zero-order valence-electron chi connectivity index (χ0n) is 23.8. The van der Waals surface area contributed by atoms with Crippen LogP contribution in [0, 0.1) is 30.6 Å². The number of rotatable bonds is 5. The lowest BCUT2D eigenvalue weighted by Gasteiger charge is -2.43. The Morgan fingerprint density at radius 1 is 1.21 bits per heavy atom. The highest BCUT2D eigenvalue weighted by Crippen LogP contribution is 2.45. The van der Waals surface area contributed by atoms with E-state index in [0.717, 1.165) is 24.0 Å². The molecule has 1 aliphatic heterocycles. The Bertz CT molecular complexity index is 1080. The van der Waals surface area contributed by atoms with Crippen LogP contribution in [0.25, 0.3) is 0 Å². The first-order valence-electron chi connectivity index (χ1n) is 13.5. The van der Waals surface area contributed by atoms with Crippen molar-refractivity contribution in [3.8, 4) is 11.8 Å². The van der Waals surface area contributed by atoms with E-state index in [1.807, 2.05) is 45.0 Å². The van der Waals surface area contributed by atoms with Gasteiger partial charge in [-0.2, -0.15) is 0 Å². The number of likely N-dealkylation sites (tertiary alicyclic amines) is 1. The molecule has 38 heavy (non-hydrogen) atoms. The van der Waals surface area contributed by atoms with Crippen LogP contribution in [0.2, 0.25) is 0 Å². The van der Waals surface area contributed by atoms with Gasteiger partial charge in [0.2, 0.25) is 0 Å². The van der Waals surface area contributed by atoms with E-state index in [0.29, 0.717) is 25.8 Å². The average molecular weight is 527 g/mol. The van der Waals surface area contributed by atoms with Crippen LogP contribution in [-0.2, 0) is 19.0 Å². The van der Waals surface area contributed by atoms with Gasteiger partial charge in [-0.25, -0.2) is 14.4 Å². The number of aryl methyl sites for hydroxylation is 1. The Labute approximate surface area is 226 Å². The Balaban J connectivity index is 1.95. The molecule has 0 spiro atoms. The number of hydrogen-bond donors (Lipinski definition) is 1. The monoisotopic (exact) mass is 526 g/mol. The quantitative estimate of drug-likeness (QED) is 0.322. The summed E-state index contributed by atoms with van der Waals surface area (Å²) in [6.45, 7) is 11.8. The van der Waals surface area contributed by atoms with E-state index < -0.39 is 29.3 Å². The summed E-state index contributed by atoms with van der Waals surface area (Å²) in [4.78, 5) is 40.5. The minimum atomic E-state index is -1.10. The number of ether oxygens (including phenoxy) is 3. The van der Waals surface area contributed by atoms with E-state index in [1.165, 1.54) is 7.11 Å². The number of methoxy groups -OCH3 is 1. The second kappa shape index (κ2) is 12.1. The summed E-state index contributed by atoms with van der Waals surface area (Å²) in [5.41, 5.74) is 0.114. The van der Waals surface area contributed by atoms with Crippen LogP contribution < -0.4 is 5.32 Å². The number of esters is 1. The third-order valence-electron chi connectivity index (χ3n) is 7.00. The lowest BCUT2D eigenvalue weighted by molar-refractivity contribution is -0.165. The number of fused-ring (bicyclic) bond motifs is 1. The summed E-state index contributed by atoms with van der Waals surface area (Å²) in [7, 11) is 1.38. The topological polar surface area (TPSA) is 94.2 Å². The number of nitrogens with zero attached hydrogens (tertiary/aromatic N) is 1. The van der Waals surface area contributed by atoms with Crippen molar-refractivity contribution in [2.24, 2.45) is 11.8 Å². The number of nitrogens with one attached hydrogen (secondary N) is 1. The van der Waals surface area contributed by atoms with Gasteiger partial charge in [0.05, 0.1) is 7.11 Å². The zero-order valence-corrected chi connectivity index (χ0v) is 23.8. The van der Waals surface area contributed by atoms with Crippen LogP contribution in [0.5, 0.6) is 0 Å². The Kier molecular flexibility index (Phi) is 9.35. The molecule has 3 rings (SSSR count). The number of carbonyl (C=O) groups excluding carboxylic acids is 3. The predicted octanol–water partition coefficient (Wildman–Crippen LogP) is 5.21. The summed E-state index contributed by atoms with van der Waals surface area (Å²) in [6.07, 6.45) is 2.06. The molecule has 2 fully saturated rings. The average Bonchev–Trinajstić information content (AvgIpc) is 3.26. The molecular formula is C30H42N2O6. The molecule has 2 amide bonds. The van der Waals surface area contributed by atoms with Crippen LogP contribution in [0.15, 0.2) is 24.3 Å². The molecule has 1 aromatic carbocycles. The Hall–Kier alpha value is -3.21. The summed E-state index contributed by atoms with van der Waals surface area (Å²) >= 11 is 0. The zero-order chi connectivity index (χ0) is 28.1. The predicted molar refractivity (Wildman–Crippen MR) is 144 cm³/mol. The molecule has 0 unspecified atom stereocenters. The molecule has 1 aliphatic carbocycles. The maximum absolute atomic E-state index is 13.7. The first-order chi connectivity index (χ1) is 17.8. The molecule has 8 heteroatoms. The first-order valence-corrected chi connectivity index (χ1v) is 13.5. The van der Waals surface area contributed by atoms with Crippen LogP contribution in [0.1, 0.15) is 77.8 Å². The second-order valence-corrected chi connectivity index (χ2v) is 11.8. The molecule has 1 saturated carbocycles. The van der Waals surface area contributed by atoms with Gasteiger partial charge in [-0.1, -0.05) is 31.9 Å². The lowest BCUT2D eigenvalue weighted by Crippen LogP contribution is -2.54. The number of benzene rings is 1. The molecular weight excluding hydrogens is 484 g/mol. The van der Waals surface area contributed by atoms with E-state index >= 15 is 0 Å². The number of carbonyl (C=O) groups is 3. The molecule has 208 valence electrons. The van der Waals surface area contributed by atoms with Gasteiger partial charge in [0.25, 0.3) is 0 Å². The van der Waals surface area contributed by atoms with Gasteiger partial charge < -0.3 is 24.4 Å². The number of hydrogen-bond acceptors (Lipinski definition) is 6. The van der Waals surface area contributed by atoms with Crippen molar-refractivity contribution >= 4 is 18.2 Å². The van der Waals surface area contributed by atoms with Gasteiger partial charge in [-0.3, -0.25) is 0 Å². The van der Waals surface area contributed by atoms with Crippen molar-refractivity contribution in [1.29, 1.82) is 0 Å². The highest BCUT2D eigenvalue weighted by atomic mass is 16.6. The molecule has 0 radical (unpaired) electrons. The standard InChI is InChI=1S/C30H42N2O6/c1-20(2)18-24(31-27(34)38-29(4,5)6)26(33)37-30(16-13-22-11-8-10-21(3)19-22)15-9-12-25-23(30)14-17-32(25)28(35)36-7/h8,10-11,19-20,23-25H,9,12,14-15,17-18H2,1-7H3,(H,31,34)/t23-,24+,25-,30-/m1/s1. The van der Waals surface area contributed by atoms with Gasteiger partial charge in [0.1, 0.15) is 11.6 Å². The smallest absolute Gasteiger partial charge is 0.409 e. The Morgan fingerprint density at radius 3 is 2.58 bits per heavy atom.